The van der Waals surface area contributed by atoms with Crippen molar-refractivity contribution in [1.29, 1.82) is 0 Å². The molecule has 8 nitrogen and oxygen atoms in total. The molecule has 1 N–H and O–H groups in total. The maximum Gasteiger partial charge on any atom is 0.433 e. The van der Waals surface area contributed by atoms with E-state index in [1.54, 1.807) is 6.07 Å². The van der Waals surface area contributed by atoms with Crippen LogP contribution in [0.15, 0.2) is 48.7 Å². The molecule has 2 aromatic carbocycles. The van der Waals surface area contributed by atoms with Gasteiger partial charge in [0.2, 0.25) is 5.91 Å². The number of piperidine rings is 1. The molecule has 1 amide bonds. The van der Waals surface area contributed by atoms with E-state index in [4.69, 9.17) is 11.6 Å². The second kappa shape index (κ2) is 11.7. The molecule has 45 heavy (non-hydrogen) atoms. The molecule has 240 valence electrons. The molecule has 3 aromatic rings. The molecule has 2 saturated heterocycles. The third-order valence-corrected chi connectivity index (χ3v) is 10.1. The van der Waals surface area contributed by atoms with E-state index in [1.165, 1.54) is 12.8 Å². The van der Waals surface area contributed by atoms with Crippen LogP contribution < -0.4 is 9.80 Å². The molecular formula is C32H34Cl2F3N5O3. The van der Waals surface area contributed by atoms with Gasteiger partial charge in [0.25, 0.3) is 0 Å². The minimum absolute atomic E-state index is 0. The summed E-state index contributed by atoms with van der Waals surface area (Å²) in [4.78, 5) is 30.7. The minimum Gasteiger partial charge on any atom is -0.478 e. The van der Waals surface area contributed by atoms with Crippen LogP contribution in [-0.4, -0.2) is 70.9 Å². The van der Waals surface area contributed by atoms with Gasteiger partial charge in [-0.05, 0) is 67.3 Å². The van der Waals surface area contributed by atoms with E-state index in [2.05, 4.69) is 22.1 Å². The first-order chi connectivity index (χ1) is 21.0. The van der Waals surface area contributed by atoms with Crippen LogP contribution in [0.4, 0.5) is 24.5 Å². The van der Waals surface area contributed by atoms with Crippen LogP contribution in [0, 0.1) is 11.3 Å². The number of benzene rings is 2. The quantitative estimate of drug-likeness (QED) is 0.319. The summed E-state index contributed by atoms with van der Waals surface area (Å²) in [7, 11) is 0. The topological polar surface area (TPSA) is 81.9 Å². The lowest BCUT2D eigenvalue weighted by Gasteiger charge is -2.37. The Labute approximate surface area is 270 Å². The molecule has 2 atom stereocenters. The molecule has 1 aromatic heterocycles. The zero-order chi connectivity index (χ0) is 30.8. The average Bonchev–Trinajstić information content (AvgIpc) is 3.90. The molecule has 2 aliphatic heterocycles. The summed E-state index contributed by atoms with van der Waals surface area (Å²) in [5, 5.41) is 13.7. The van der Waals surface area contributed by atoms with E-state index in [0.717, 1.165) is 66.0 Å². The Bertz CT molecular complexity index is 1600. The van der Waals surface area contributed by atoms with Gasteiger partial charge in [-0.1, -0.05) is 29.8 Å². The molecule has 1 spiro atoms. The summed E-state index contributed by atoms with van der Waals surface area (Å²) >= 11 is 6.41. The monoisotopic (exact) mass is 663 g/mol. The number of nitrogens with zero attached hydrogens (tertiary/aromatic N) is 5. The first kappa shape index (κ1) is 31.5. The first-order valence-corrected chi connectivity index (χ1v) is 15.5. The number of carbonyl (C=O) groups excluding carboxylic acids is 1. The summed E-state index contributed by atoms with van der Waals surface area (Å²) < 4.78 is 42.6. The first-order valence-electron chi connectivity index (χ1n) is 15.1. The van der Waals surface area contributed by atoms with Crippen molar-refractivity contribution in [3.05, 3.63) is 64.9 Å². The van der Waals surface area contributed by atoms with Crippen LogP contribution in [0.3, 0.4) is 0 Å². The van der Waals surface area contributed by atoms with Gasteiger partial charge in [-0.25, -0.2) is 4.79 Å². The Morgan fingerprint density at radius 3 is 2.31 bits per heavy atom. The fourth-order valence-corrected chi connectivity index (χ4v) is 7.30. The van der Waals surface area contributed by atoms with Gasteiger partial charge in [0.1, 0.15) is 5.56 Å². The van der Waals surface area contributed by atoms with Crippen molar-refractivity contribution >= 4 is 47.3 Å². The smallest absolute Gasteiger partial charge is 0.433 e. The SMILES string of the molecule is Cl.O=C(O)c1cnn(C2CCCN(c3cc(Cl)ccc3-c3ccc(N4CCN(C(=O)C5CC56CC6)CC4)cc3)C2)c1C(F)(F)F. The Morgan fingerprint density at radius 2 is 1.69 bits per heavy atom. The molecule has 0 bridgehead atoms. The molecule has 2 aliphatic carbocycles. The third-order valence-electron chi connectivity index (χ3n) is 9.85. The normalized spacial score (nSPS) is 22.3. The van der Waals surface area contributed by atoms with Gasteiger partial charge in [0, 0.05) is 67.1 Å². The molecule has 2 unspecified atom stereocenters. The van der Waals surface area contributed by atoms with Crippen molar-refractivity contribution in [3.63, 3.8) is 0 Å². The van der Waals surface area contributed by atoms with Gasteiger partial charge in [-0.2, -0.15) is 18.3 Å². The highest BCUT2D eigenvalue weighted by molar-refractivity contribution is 6.31. The van der Waals surface area contributed by atoms with Crippen molar-refractivity contribution in [2.45, 2.75) is 44.3 Å². The molecule has 2 saturated carbocycles. The number of anilines is 2. The highest BCUT2D eigenvalue weighted by Crippen LogP contribution is 2.71. The van der Waals surface area contributed by atoms with Crippen LogP contribution in [0.5, 0.6) is 0 Å². The van der Waals surface area contributed by atoms with Gasteiger partial charge in [-0.3, -0.25) is 9.48 Å². The lowest BCUT2D eigenvalue weighted by atomic mass is 9.99. The maximum atomic E-state index is 13.9. The Balaban J connectivity index is 0.00000357. The number of halogens is 5. The summed E-state index contributed by atoms with van der Waals surface area (Å²) in [5.74, 6) is -1.07. The van der Waals surface area contributed by atoms with Crippen LogP contribution in [0.2, 0.25) is 5.02 Å². The lowest BCUT2D eigenvalue weighted by Crippen LogP contribution is -2.49. The largest absolute Gasteiger partial charge is 0.478 e. The van der Waals surface area contributed by atoms with Crippen LogP contribution >= 0.6 is 24.0 Å². The number of amides is 1. The lowest BCUT2D eigenvalue weighted by molar-refractivity contribution is -0.145. The number of alkyl halides is 3. The summed E-state index contributed by atoms with van der Waals surface area (Å²) in [6, 6.07) is 13.1. The van der Waals surface area contributed by atoms with E-state index in [9.17, 15) is 27.9 Å². The van der Waals surface area contributed by atoms with Crippen molar-refractivity contribution in [2.24, 2.45) is 11.3 Å². The molecule has 4 fully saturated rings. The number of carboxylic acids is 1. The third kappa shape index (κ3) is 5.96. The highest BCUT2D eigenvalue weighted by atomic mass is 35.5. The van der Waals surface area contributed by atoms with Crippen LogP contribution in [-0.2, 0) is 11.0 Å². The Hall–Kier alpha value is -3.44. The van der Waals surface area contributed by atoms with Crippen molar-refractivity contribution < 1.29 is 27.9 Å². The van der Waals surface area contributed by atoms with Gasteiger partial charge in [0.15, 0.2) is 5.69 Å². The standard InChI is InChI=1S/C32H33ClF3N5O3.ClH/c33-21-5-8-24(20-3-6-22(7-4-20)38-12-14-39(15-13-38)29(42)26-17-31(26)9-10-31)27(16-21)40-11-1-2-23(19-40)41-28(32(34,35)36)25(18-37-41)30(43)44;/h3-8,16,18,23,26H,1-2,9-15,17,19H2,(H,43,44);1H. The van der Waals surface area contributed by atoms with Crippen molar-refractivity contribution in [1.82, 2.24) is 14.7 Å². The van der Waals surface area contributed by atoms with E-state index < -0.39 is 29.4 Å². The van der Waals surface area contributed by atoms with E-state index in [-0.39, 0.29) is 24.9 Å². The average molecular weight is 665 g/mol. The van der Waals surface area contributed by atoms with Gasteiger partial charge in [-0.15, -0.1) is 12.4 Å². The summed E-state index contributed by atoms with van der Waals surface area (Å²) in [6.45, 7) is 3.85. The van der Waals surface area contributed by atoms with Crippen molar-refractivity contribution in [2.75, 3.05) is 49.1 Å². The summed E-state index contributed by atoms with van der Waals surface area (Å²) in [5.41, 5.74) is 2.02. The fraction of sp³-hybridized carbons (Fsp3) is 0.469. The van der Waals surface area contributed by atoms with Gasteiger partial charge in [0.05, 0.1) is 12.2 Å². The number of aromatic nitrogens is 2. The van der Waals surface area contributed by atoms with E-state index in [1.807, 2.05) is 34.1 Å². The predicted molar refractivity (Wildman–Crippen MR) is 167 cm³/mol. The Kier molecular flexibility index (Phi) is 8.22. The number of carbonyl (C=O) groups is 2. The van der Waals surface area contributed by atoms with Gasteiger partial charge < -0.3 is 19.8 Å². The Morgan fingerprint density at radius 1 is 0.978 bits per heavy atom. The van der Waals surface area contributed by atoms with Crippen molar-refractivity contribution in [3.8, 4) is 11.1 Å². The van der Waals surface area contributed by atoms with E-state index >= 15 is 0 Å². The maximum absolute atomic E-state index is 13.9. The number of rotatable bonds is 6. The van der Waals surface area contributed by atoms with Gasteiger partial charge >= 0.3 is 12.1 Å². The summed E-state index contributed by atoms with van der Waals surface area (Å²) in [6.07, 6.45) is 0.456. The molecule has 0 radical (unpaired) electrons. The molecule has 13 heteroatoms. The number of piperazine rings is 1. The highest BCUT2D eigenvalue weighted by Gasteiger charge is 2.66. The second-order valence-electron chi connectivity index (χ2n) is 12.5. The zero-order valence-corrected chi connectivity index (χ0v) is 26.0. The number of hydrogen-bond acceptors (Lipinski definition) is 5. The number of aromatic carboxylic acids is 1. The predicted octanol–water partition coefficient (Wildman–Crippen LogP) is 6.63. The molecule has 4 aliphatic rings. The fourth-order valence-electron chi connectivity index (χ4n) is 7.13. The zero-order valence-electron chi connectivity index (χ0n) is 24.5. The number of carboxylic acid groups (broad SMARTS) is 1. The molecule has 7 rings (SSSR count). The van der Waals surface area contributed by atoms with Crippen LogP contribution in [0.25, 0.3) is 11.1 Å². The second-order valence-corrected chi connectivity index (χ2v) is 13.0. The van der Waals surface area contributed by atoms with Crippen LogP contribution in [0.1, 0.15) is 54.2 Å². The van der Waals surface area contributed by atoms with E-state index in [0.29, 0.717) is 35.7 Å². The molecular weight excluding hydrogens is 630 g/mol. The number of hydrogen-bond donors (Lipinski definition) is 1. The minimum atomic E-state index is -4.85. The molecule has 3 heterocycles.